The third kappa shape index (κ3) is 5.71. The van der Waals surface area contributed by atoms with Gasteiger partial charge in [-0.15, -0.1) is 0 Å². The Morgan fingerprint density at radius 1 is 1.25 bits per heavy atom. The fourth-order valence-corrected chi connectivity index (χ4v) is 2.20. The van der Waals surface area contributed by atoms with E-state index < -0.39 is 0 Å². The van der Waals surface area contributed by atoms with Crippen LogP contribution in [0.5, 0.6) is 0 Å². The number of hydrogen-bond acceptors (Lipinski definition) is 6. The molecule has 6 heteroatoms. The molecule has 0 saturated heterocycles. The third-order valence-electron chi connectivity index (χ3n) is 3.39. The predicted octanol–water partition coefficient (Wildman–Crippen LogP) is 1.99. The van der Waals surface area contributed by atoms with Crippen molar-refractivity contribution in [1.82, 2.24) is 14.9 Å². The Morgan fingerprint density at radius 3 is 2.50 bits per heavy atom. The average molecular weight is 280 g/mol. The van der Waals surface area contributed by atoms with E-state index in [1.165, 1.54) is 6.42 Å². The summed E-state index contributed by atoms with van der Waals surface area (Å²) in [6, 6.07) is 2.21. The van der Waals surface area contributed by atoms with Crippen LogP contribution < -0.4 is 16.6 Å². The van der Waals surface area contributed by atoms with Gasteiger partial charge in [0.15, 0.2) is 0 Å². The molecule has 1 aromatic rings. The minimum atomic E-state index is 0.380. The van der Waals surface area contributed by atoms with Crippen LogP contribution in [0.1, 0.15) is 39.4 Å². The second-order valence-electron chi connectivity index (χ2n) is 5.04. The van der Waals surface area contributed by atoms with Crippen molar-refractivity contribution in [1.29, 1.82) is 0 Å². The van der Waals surface area contributed by atoms with E-state index in [0.29, 0.717) is 17.7 Å². The number of hydrogen-bond donors (Lipinski definition) is 3. The van der Waals surface area contributed by atoms with Gasteiger partial charge in [0.2, 0.25) is 0 Å². The van der Waals surface area contributed by atoms with Crippen molar-refractivity contribution in [2.75, 3.05) is 30.4 Å². The predicted molar refractivity (Wildman–Crippen MR) is 84.7 cm³/mol. The maximum atomic E-state index is 5.39. The van der Waals surface area contributed by atoms with Crippen LogP contribution >= 0.6 is 0 Å². The summed E-state index contributed by atoms with van der Waals surface area (Å²) in [6.45, 7) is 11.8. The van der Waals surface area contributed by atoms with Gasteiger partial charge in [-0.25, -0.2) is 15.8 Å². The summed E-state index contributed by atoms with van der Waals surface area (Å²) in [6.07, 6.45) is 2.30. The highest BCUT2D eigenvalue weighted by Crippen LogP contribution is 2.12. The molecular weight excluding hydrogens is 252 g/mol. The summed E-state index contributed by atoms with van der Waals surface area (Å²) in [5, 5.41) is 3.40. The highest BCUT2D eigenvalue weighted by Gasteiger charge is 2.06. The number of nitrogen functional groups attached to an aromatic ring is 1. The van der Waals surface area contributed by atoms with Crippen molar-refractivity contribution >= 4 is 11.6 Å². The van der Waals surface area contributed by atoms with Gasteiger partial charge in [0.05, 0.1) is 0 Å². The number of anilines is 2. The van der Waals surface area contributed by atoms with Gasteiger partial charge in [0.25, 0.3) is 0 Å². The quantitative estimate of drug-likeness (QED) is 0.474. The number of hydrazine groups is 1. The normalized spacial score (nSPS) is 12.5. The molecule has 0 saturated carbocycles. The van der Waals surface area contributed by atoms with E-state index >= 15 is 0 Å². The molecule has 0 radical (unpaired) electrons. The number of nitrogens with two attached hydrogens (primary N) is 1. The van der Waals surface area contributed by atoms with Crippen LogP contribution in [-0.4, -0.2) is 40.5 Å². The van der Waals surface area contributed by atoms with Gasteiger partial charge < -0.3 is 15.6 Å². The van der Waals surface area contributed by atoms with E-state index in [4.69, 9.17) is 5.84 Å². The van der Waals surface area contributed by atoms with Gasteiger partial charge in [-0.1, -0.05) is 13.8 Å². The first-order valence-corrected chi connectivity index (χ1v) is 7.40. The first-order chi connectivity index (χ1) is 9.58. The van der Waals surface area contributed by atoms with E-state index in [1.54, 1.807) is 0 Å². The third-order valence-corrected chi connectivity index (χ3v) is 3.39. The van der Waals surface area contributed by atoms with E-state index in [2.05, 4.69) is 46.4 Å². The Balaban J connectivity index is 2.42. The Hall–Kier alpha value is -1.40. The lowest BCUT2D eigenvalue weighted by atomic mass is 10.1. The molecule has 6 nitrogen and oxygen atoms in total. The summed E-state index contributed by atoms with van der Waals surface area (Å²) in [5.41, 5.74) is 2.56. The second kappa shape index (κ2) is 8.71. The zero-order valence-electron chi connectivity index (χ0n) is 13.1. The fourth-order valence-electron chi connectivity index (χ4n) is 2.20. The number of aryl methyl sites for hydroxylation is 1. The minimum absolute atomic E-state index is 0.380. The van der Waals surface area contributed by atoms with Gasteiger partial charge in [-0.05, 0) is 46.3 Å². The Morgan fingerprint density at radius 2 is 1.90 bits per heavy atom. The number of nitrogens with zero attached hydrogens (tertiary/aromatic N) is 3. The van der Waals surface area contributed by atoms with Crippen molar-refractivity contribution in [2.24, 2.45) is 5.84 Å². The van der Waals surface area contributed by atoms with Crippen LogP contribution in [-0.2, 0) is 0 Å². The highest BCUT2D eigenvalue weighted by molar-refractivity contribution is 5.47. The molecular formula is C14H28N6. The summed E-state index contributed by atoms with van der Waals surface area (Å²) in [7, 11) is 0. The molecule has 0 aliphatic carbocycles. The van der Waals surface area contributed by atoms with Gasteiger partial charge in [-0.2, -0.15) is 0 Å². The summed E-state index contributed by atoms with van der Waals surface area (Å²) < 4.78 is 0. The zero-order chi connectivity index (χ0) is 15.0. The van der Waals surface area contributed by atoms with Crippen LogP contribution in [0.15, 0.2) is 6.07 Å². The molecule has 1 unspecified atom stereocenters. The molecule has 0 spiro atoms. The number of nitrogens with one attached hydrogen (secondary N) is 2. The number of rotatable bonds is 9. The Bertz CT molecular complexity index is 391. The summed E-state index contributed by atoms with van der Waals surface area (Å²) in [4.78, 5) is 11.0. The summed E-state index contributed by atoms with van der Waals surface area (Å²) in [5.74, 6) is 7.55. The standard InChI is InChI=1S/C14H28N6/c1-5-20(6-2)9-7-8-11(3)16-13-10-14(19-15)18-12(4)17-13/h10-11H,5-9,15H2,1-4H3,(H2,16,17,18,19). The average Bonchev–Trinajstić information content (AvgIpc) is 2.42. The molecule has 0 aliphatic heterocycles. The second-order valence-corrected chi connectivity index (χ2v) is 5.04. The molecule has 114 valence electrons. The minimum Gasteiger partial charge on any atom is -0.367 e. The molecule has 20 heavy (non-hydrogen) atoms. The maximum Gasteiger partial charge on any atom is 0.145 e. The van der Waals surface area contributed by atoms with Gasteiger partial charge in [-0.3, -0.25) is 0 Å². The zero-order valence-corrected chi connectivity index (χ0v) is 13.1. The van der Waals surface area contributed by atoms with Crippen molar-refractivity contribution in [3.05, 3.63) is 11.9 Å². The summed E-state index contributed by atoms with van der Waals surface area (Å²) >= 11 is 0. The van der Waals surface area contributed by atoms with Crippen molar-refractivity contribution in [3.63, 3.8) is 0 Å². The first-order valence-electron chi connectivity index (χ1n) is 7.40. The van der Waals surface area contributed by atoms with Crippen LogP contribution in [0.3, 0.4) is 0 Å². The smallest absolute Gasteiger partial charge is 0.145 e. The highest BCUT2D eigenvalue weighted by atomic mass is 15.3. The lowest BCUT2D eigenvalue weighted by Gasteiger charge is -2.20. The SMILES string of the molecule is CCN(CC)CCCC(C)Nc1cc(NN)nc(C)n1. The van der Waals surface area contributed by atoms with E-state index in [-0.39, 0.29) is 0 Å². The van der Waals surface area contributed by atoms with Crippen molar-refractivity contribution in [3.8, 4) is 0 Å². The van der Waals surface area contributed by atoms with Crippen molar-refractivity contribution in [2.45, 2.75) is 46.6 Å². The van der Waals surface area contributed by atoms with Gasteiger partial charge >= 0.3 is 0 Å². The Kier molecular flexibility index (Phi) is 7.25. The molecule has 4 N–H and O–H groups in total. The lowest BCUT2D eigenvalue weighted by Crippen LogP contribution is -2.25. The monoisotopic (exact) mass is 280 g/mol. The molecule has 1 aromatic heterocycles. The van der Waals surface area contributed by atoms with Crippen LogP contribution in [0.2, 0.25) is 0 Å². The maximum absolute atomic E-state index is 5.39. The molecule has 1 heterocycles. The first kappa shape index (κ1) is 16.7. The largest absolute Gasteiger partial charge is 0.367 e. The molecule has 0 aromatic carbocycles. The molecule has 0 amide bonds. The topological polar surface area (TPSA) is 79.1 Å². The van der Waals surface area contributed by atoms with Crippen LogP contribution in [0.25, 0.3) is 0 Å². The molecule has 0 aliphatic rings. The molecule has 0 fully saturated rings. The van der Waals surface area contributed by atoms with E-state index in [0.717, 1.165) is 31.9 Å². The van der Waals surface area contributed by atoms with E-state index in [9.17, 15) is 0 Å². The fraction of sp³-hybridized carbons (Fsp3) is 0.714. The van der Waals surface area contributed by atoms with E-state index in [1.807, 2.05) is 13.0 Å². The van der Waals surface area contributed by atoms with Gasteiger partial charge in [0, 0.05) is 12.1 Å². The lowest BCUT2D eigenvalue weighted by molar-refractivity contribution is 0.295. The molecule has 1 rings (SSSR count). The van der Waals surface area contributed by atoms with Crippen molar-refractivity contribution < 1.29 is 0 Å². The van der Waals surface area contributed by atoms with Crippen LogP contribution in [0, 0.1) is 6.92 Å². The molecule has 0 bridgehead atoms. The van der Waals surface area contributed by atoms with Crippen LogP contribution in [0.4, 0.5) is 11.6 Å². The Labute approximate surface area is 122 Å². The van der Waals surface area contributed by atoms with Gasteiger partial charge in [0.1, 0.15) is 17.5 Å². The molecule has 1 atom stereocenters. The number of aromatic nitrogens is 2.